The van der Waals surface area contributed by atoms with E-state index in [2.05, 4.69) is 0 Å². The van der Waals surface area contributed by atoms with Crippen molar-refractivity contribution in [3.8, 4) is 0 Å². The fourth-order valence-electron chi connectivity index (χ4n) is 1.61. The van der Waals surface area contributed by atoms with E-state index < -0.39 is 0 Å². The zero-order valence-corrected chi connectivity index (χ0v) is 8.13. The third-order valence-electron chi connectivity index (χ3n) is 2.39. The number of fused-ring (bicyclic) bond motifs is 1. The Bertz CT molecular complexity index is 467. The van der Waals surface area contributed by atoms with Crippen molar-refractivity contribution in [2.24, 2.45) is 0 Å². The maximum absolute atomic E-state index is 11.5. The fraction of sp³-hybridized carbons (Fsp3) is 0.167. The molecule has 1 aliphatic carbocycles. The van der Waals surface area contributed by atoms with Crippen LogP contribution in [0.4, 0.5) is 0 Å². The van der Waals surface area contributed by atoms with Crippen molar-refractivity contribution in [1.29, 1.82) is 0 Å². The third kappa shape index (κ3) is 1.20. The molecule has 0 N–H and O–H groups in total. The number of aryl methyl sites for hydroxylation is 1. The molecule has 70 valence electrons. The maximum atomic E-state index is 11.5. The first-order chi connectivity index (χ1) is 6.59. The monoisotopic (exact) mass is 186 g/mol. The van der Waals surface area contributed by atoms with E-state index in [9.17, 15) is 9.59 Å². The molecule has 0 bridgehead atoms. The molecule has 0 aromatic heterocycles. The number of Topliss-reactive ketones (excluding diaryl/α,β-unsaturated/α-hetero) is 2. The van der Waals surface area contributed by atoms with Gasteiger partial charge in [0.25, 0.3) is 0 Å². The predicted molar refractivity (Wildman–Crippen MR) is 54.2 cm³/mol. The number of rotatable bonds is 0. The van der Waals surface area contributed by atoms with Gasteiger partial charge in [0.05, 0.1) is 0 Å². The van der Waals surface area contributed by atoms with Gasteiger partial charge >= 0.3 is 0 Å². The number of carbonyl (C=O) groups is 2. The Hall–Kier alpha value is -1.70. The summed E-state index contributed by atoms with van der Waals surface area (Å²) in [6.07, 6.45) is 1.77. The molecule has 1 aromatic rings. The Labute approximate surface area is 82.2 Å². The van der Waals surface area contributed by atoms with Gasteiger partial charge in [0, 0.05) is 11.1 Å². The lowest BCUT2D eigenvalue weighted by atomic mass is 9.90. The molecule has 1 aliphatic rings. The van der Waals surface area contributed by atoms with E-state index in [-0.39, 0.29) is 11.6 Å². The van der Waals surface area contributed by atoms with Crippen LogP contribution in [0.15, 0.2) is 23.8 Å². The van der Waals surface area contributed by atoms with Crippen molar-refractivity contribution < 1.29 is 9.59 Å². The molecule has 0 unspecified atom stereocenters. The topological polar surface area (TPSA) is 34.1 Å². The minimum atomic E-state index is -0.389. The zero-order chi connectivity index (χ0) is 10.3. The highest BCUT2D eigenvalue weighted by molar-refractivity contribution is 6.51. The fourth-order valence-corrected chi connectivity index (χ4v) is 1.61. The summed E-state index contributed by atoms with van der Waals surface area (Å²) in [5, 5.41) is 0. The van der Waals surface area contributed by atoms with Crippen LogP contribution in [-0.4, -0.2) is 11.6 Å². The molecule has 0 aliphatic heterocycles. The van der Waals surface area contributed by atoms with Crippen molar-refractivity contribution in [3.63, 3.8) is 0 Å². The van der Waals surface area contributed by atoms with Crippen LogP contribution in [0.2, 0.25) is 0 Å². The van der Waals surface area contributed by atoms with Gasteiger partial charge in [-0.1, -0.05) is 23.8 Å². The van der Waals surface area contributed by atoms with Gasteiger partial charge in [0.15, 0.2) is 0 Å². The van der Waals surface area contributed by atoms with E-state index in [1.165, 1.54) is 0 Å². The van der Waals surface area contributed by atoms with E-state index in [1.807, 2.05) is 19.1 Å². The molecule has 0 amide bonds. The Morgan fingerprint density at radius 3 is 2.43 bits per heavy atom. The second-order valence-corrected chi connectivity index (χ2v) is 3.58. The Kier molecular flexibility index (Phi) is 1.84. The van der Waals surface area contributed by atoms with Crippen molar-refractivity contribution in [3.05, 3.63) is 40.5 Å². The summed E-state index contributed by atoms with van der Waals surface area (Å²) in [5.41, 5.74) is 2.99. The first kappa shape index (κ1) is 8.88. The van der Waals surface area contributed by atoms with Gasteiger partial charge < -0.3 is 0 Å². The third-order valence-corrected chi connectivity index (χ3v) is 2.39. The summed E-state index contributed by atoms with van der Waals surface area (Å²) in [4.78, 5) is 22.9. The number of hydrogen-bond donors (Lipinski definition) is 0. The summed E-state index contributed by atoms with van der Waals surface area (Å²) in [5.74, 6) is -0.777. The molecule has 2 rings (SSSR count). The first-order valence-corrected chi connectivity index (χ1v) is 4.47. The lowest BCUT2D eigenvalue weighted by molar-refractivity contribution is -0.111. The Morgan fingerprint density at radius 2 is 1.71 bits per heavy atom. The van der Waals surface area contributed by atoms with Gasteiger partial charge in [-0.05, 0) is 25.5 Å². The van der Waals surface area contributed by atoms with Crippen molar-refractivity contribution in [1.82, 2.24) is 0 Å². The highest BCUT2D eigenvalue weighted by Gasteiger charge is 2.24. The van der Waals surface area contributed by atoms with Crippen LogP contribution in [0, 0.1) is 6.92 Å². The van der Waals surface area contributed by atoms with Crippen LogP contribution in [0.25, 0.3) is 6.08 Å². The normalized spacial score (nSPS) is 15.1. The highest BCUT2D eigenvalue weighted by atomic mass is 16.2. The Morgan fingerprint density at radius 1 is 1.00 bits per heavy atom. The molecule has 14 heavy (non-hydrogen) atoms. The summed E-state index contributed by atoms with van der Waals surface area (Å²) in [6, 6.07) is 5.48. The smallest absolute Gasteiger partial charge is 0.233 e. The molecule has 0 atom stereocenters. The summed E-state index contributed by atoms with van der Waals surface area (Å²) >= 11 is 0. The summed E-state index contributed by atoms with van der Waals surface area (Å²) in [7, 11) is 0. The molecule has 2 heteroatoms. The molecule has 0 spiro atoms. The van der Waals surface area contributed by atoms with Crippen molar-refractivity contribution in [2.45, 2.75) is 13.8 Å². The van der Waals surface area contributed by atoms with Gasteiger partial charge in [-0.25, -0.2) is 0 Å². The molecule has 0 radical (unpaired) electrons. The zero-order valence-electron chi connectivity index (χ0n) is 8.13. The summed E-state index contributed by atoms with van der Waals surface area (Å²) < 4.78 is 0. The molecular weight excluding hydrogens is 176 g/mol. The van der Waals surface area contributed by atoms with Crippen molar-refractivity contribution in [2.75, 3.05) is 0 Å². The minimum Gasteiger partial charge on any atom is -0.285 e. The van der Waals surface area contributed by atoms with Crippen LogP contribution >= 0.6 is 0 Å². The van der Waals surface area contributed by atoms with Crippen LogP contribution in [0.1, 0.15) is 28.4 Å². The van der Waals surface area contributed by atoms with Crippen LogP contribution in [0.3, 0.4) is 0 Å². The SMILES string of the molecule is CC1=Cc2cc(C)ccc2C(=O)C1=O. The van der Waals surface area contributed by atoms with Gasteiger partial charge in [0.1, 0.15) is 0 Å². The molecule has 1 aromatic carbocycles. The first-order valence-electron chi connectivity index (χ1n) is 4.47. The molecule has 0 saturated carbocycles. The second kappa shape index (κ2) is 2.91. The van der Waals surface area contributed by atoms with Gasteiger partial charge in [-0.15, -0.1) is 0 Å². The van der Waals surface area contributed by atoms with E-state index in [4.69, 9.17) is 0 Å². The molecule has 0 saturated heterocycles. The molecular formula is C12H10O2. The van der Waals surface area contributed by atoms with E-state index in [0.717, 1.165) is 11.1 Å². The van der Waals surface area contributed by atoms with E-state index >= 15 is 0 Å². The van der Waals surface area contributed by atoms with Crippen LogP contribution in [-0.2, 0) is 4.79 Å². The predicted octanol–water partition coefficient (Wildman–Crippen LogP) is 2.16. The number of hydrogen-bond acceptors (Lipinski definition) is 2. The number of benzene rings is 1. The van der Waals surface area contributed by atoms with Gasteiger partial charge in [-0.2, -0.15) is 0 Å². The quantitative estimate of drug-likeness (QED) is 0.582. The number of carbonyl (C=O) groups excluding carboxylic acids is 2. The van der Waals surface area contributed by atoms with Gasteiger partial charge in [-0.3, -0.25) is 9.59 Å². The van der Waals surface area contributed by atoms with E-state index in [0.29, 0.717) is 11.1 Å². The standard InChI is InChI=1S/C12H10O2/c1-7-3-4-10-9(5-7)6-8(2)11(13)12(10)14/h3-6H,1-2H3. The van der Waals surface area contributed by atoms with Crippen LogP contribution < -0.4 is 0 Å². The molecule has 0 heterocycles. The summed E-state index contributed by atoms with van der Waals surface area (Å²) in [6.45, 7) is 3.63. The number of ketones is 2. The van der Waals surface area contributed by atoms with Crippen molar-refractivity contribution >= 4 is 17.6 Å². The lowest BCUT2D eigenvalue weighted by Gasteiger charge is -2.11. The second-order valence-electron chi connectivity index (χ2n) is 3.58. The lowest BCUT2D eigenvalue weighted by Crippen LogP contribution is -2.19. The molecule has 2 nitrogen and oxygen atoms in total. The largest absolute Gasteiger partial charge is 0.285 e. The average Bonchev–Trinajstić information content (AvgIpc) is 2.14. The minimum absolute atomic E-state index is 0.388. The average molecular weight is 186 g/mol. The molecule has 0 fully saturated rings. The highest BCUT2D eigenvalue weighted by Crippen LogP contribution is 2.22. The maximum Gasteiger partial charge on any atom is 0.233 e. The van der Waals surface area contributed by atoms with E-state index in [1.54, 1.807) is 19.1 Å². The van der Waals surface area contributed by atoms with Gasteiger partial charge in [0.2, 0.25) is 11.6 Å². The Balaban J connectivity index is 2.69. The number of allylic oxidation sites excluding steroid dienone is 1. The van der Waals surface area contributed by atoms with Crippen LogP contribution in [0.5, 0.6) is 0 Å².